The standard InChI is InChI=1S/C27H34N6O6/c1-2-39-27(37)19-7-9-20(10-8-19)30-25(35)21-15-22(17-3-5-18(6-4-17)24(28)29)31-33(26(21)36)16-23(34)32-11-13-38-14-12-32/h3-6,15,19-20H,2,7-14,16H2,1H3,(H3,28,29)(H,30,35)/t19-,20-. The molecule has 12 nitrogen and oxygen atoms in total. The highest BCUT2D eigenvalue weighted by Gasteiger charge is 2.29. The van der Waals surface area contributed by atoms with E-state index in [2.05, 4.69) is 10.4 Å². The van der Waals surface area contributed by atoms with E-state index in [1.54, 1.807) is 36.1 Å². The molecule has 1 aromatic heterocycles. The van der Waals surface area contributed by atoms with Crippen molar-refractivity contribution in [3.63, 3.8) is 0 Å². The van der Waals surface area contributed by atoms with Crippen LogP contribution in [-0.2, 0) is 25.6 Å². The molecule has 208 valence electrons. The number of aromatic nitrogens is 2. The zero-order chi connectivity index (χ0) is 27.9. The number of amidine groups is 1. The summed E-state index contributed by atoms with van der Waals surface area (Å²) in [5.74, 6) is -1.35. The second kappa shape index (κ2) is 12.7. The number of amides is 2. The van der Waals surface area contributed by atoms with Gasteiger partial charge in [0.2, 0.25) is 5.91 Å². The first-order valence-corrected chi connectivity index (χ1v) is 13.2. The molecule has 4 N–H and O–H groups in total. The maximum Gasteiger partial charge on any atom is 0.308 e. The lowest BCUT2D eigenvalue weighted by Gasteiger charge is -2.28. The molecule has 12 heteroatoms. The summed E-state index contributed by atoms with van der Waals surface area (Å²) < 4.78 is 11.4. The molecule has 2 aromatic rings. The van der Waals surface area contributed by atoms with Crippen molar-refractivity contribution in [2.24, 2.45) is 11.7 Å². The van der Waals surface area contributed by atoms with Crippen LogP contribution in [0.2, 0.25) is 0 Å². The molecule has 0 atom stereocenters. The van der Waals surface area contributed by atoms with Crippen LogP contribution in [0.25, 0.3) is 11.3 Å². The van der Waals surface area contributed by atoms with E-state index in [1.807, 2.05) is 0 Å². The van der Waals surface area contributed by atoms with Crippen LogP contribution in [0.5, 0.6) is 0 Å². The van der Waals surface area contributed by atoms with Gasteiger partial charge < -0.3 is 25.4 Å². The van der Waals surface area contributed by atoms with E-state index in [4.69, 9.17) is 20.6 Å². The fourth-order valence-electron chi connectivity index (χ4n) is 4.81. The van der Waals surface area contributed by atoms with Gasteiger partial charge in [-0.25, -0.2) is 4.68 Å². The molecular weight excluding hydrogens is 504 g/mol. The number of nitrogen functional groups attached to an aromatic ring is 1. The quantitative estimate of drug-likeness (QED) is 0.253. The Morgan fingerprint density at radius 3 is 2.41 bits per heavy atom. The number of carbonyl (C=O) groups is 3. The third kappa shape index (κ3) is 6.88. The second-order valence-corrected chi connectivity index (χ2v) is 9.66. The van der Waals surface area contributed by atoms with Gasteiger partial charge in [-0.2, -0.15) is 5.10 Å². The Morgan fingerprint density at radius 1 is 1.13 bits per heavy atom. The summed E-state index contributed by atoms with van der Waals surface area (Å²) in [5, 5.41) is 14.9. The smallest absolute Gasteiger partial charge is 0.308 e. The van der Waals surface area contributed by atoms with Crippen molar-refractivity contribution in [3.05, 3.63) is 51.8 Å². The normalized spacial score (nSPS) is 19.3. The number of ether oxygens (including phenoxy) is 2. The van der Waals surface area contributed by atoms with Crippen LogP contribution in [0.15, 0.2) is 35.1 Å². The topological polar surface area (TPSA) is 170 Å². The number of nitrogens with one attached hydrogen (secondary N) is 2. The number of hydrogen-bond acceptors (Lipinski definition) is 8. The number of morpholine rings is 1. The van der Waals surface area contributed by atoms with Crippen LogP contribution < -0.4 is 16.6 Å². The molecule has 2 heterocycles. The predicted octanol–water partition coefficient (Wildman–Crippen LogP) is 0.905. The summed E-state index contributed by atoms with van der Waals surface area (Å²) in [7, 11) is 0. The second-order valence-electron chi connectivity index (χ2n) is 9.66. The van der Waals surface area contributed by atoms with Gasteiger partial charge in [0.15, 0.2) is 0 Å². The number of esters is 1. The van der Waals surface area contributed by atoms with Crippen molar-refractivity contribution in [1.82, 2.24) is 20.0 Å². The highest BCUT2D eigenvalue weighted by Crippen LogP contribution is 2.26. The van der Waals surface area contributed by atoms with Gasteiger partial charge in [-0.3, -0.25) is 24.6 Å². The minimum absolute atomic E-state index is 0.0895. The van der Waals surface area contributed by atoms with Gasteiger partial charge in [0.05, 0.1) is 31.4 Å². The first-order chi connectivity index (χ1) is 18.8. The van der Waals surface area contributed by atoms with Gasteiger partial charge >= 0.3 is 5.97 Å². The maximum atomic E-state index is 13.3. The molecule has 0 radical (unpaired) electrons. The van der Waals surface area contributed by atoms with Crippen molar-refractivity contribution in [2.75, 3.05) is 32.9 Å². The van der Waals surface area contributed by atoms with Crippen molar-refractivity contribution < 1.29 is 23.9 Å². The number of benzene rings is 1. The third-order valence-corrected chi connectivity index (χ3v) is 7.04. The van der Waals surface area contributed by atoms with Crippen LogP contribution >= 0.6 is 0 Å². The number of carbonyl (C=O) groups excluding carboxylic acids is 3. The molecule has 2 aliphatic rings. The monoisotopic (exact) mass is 538 g/mol. The Morgan fingerprint density at radius 2 is 1.79 bits per heavy atom. The SMILES string of the molecule is CCOC(=O)[C@H]1CC[C@H](NC(=O)c2cc(-c3ccc(C(=N)N)cc3)nn(CC(=O)N3CCOCC3)c2=O)CC1. The predicted molar refractivity (Wildman–Crippen MR) is 142 cm³/mol. The average Bonchev–Trinajstić information content (AvgIpc) is 2.95. The number of rotatable bonds is 8. The summed E-state index contributed by atoms with van der Waals surface area (Å²) >= 11 is 0. The molecule has 1 aliphatic carbocycles. The van der Waals surface area contributed by atoms with Gasteiger partial charge in [0.25, 0.3) is 11.5 Å². The molecule has 1 saturated heterocycles. The van der Waals surface area contributed by atoms with E-state index in [0.717, 1.165) is 4.68 Å². The van der Waals surface area contributed by atoms with Crippen LogP contribution in [0.1, 0.15) is 48.5 Å². The molecule has 0 spiro atoms. The van der Waals surface area contributed by atoms with Gasteiger partial charge in [-0.15, -0.1) is 0 Å². The molecule has 0 bridgehead atoms. The van der Waals surface area contributed by atoms with Crippen LogP contribution in [0, 0.1) is 11.3 Å². The molecule has 1 saturated carbocycles. The highest BCUT2D eigenvalue weighted by atomic mass is 16.5. The Balaban J connectivity index is 1.58. The van der Waals surface area contributed by atoms with Crippen molar-refractivity contribution in [1.29, 1.82) is 5.41 Å². The number of nitrogens with zero attached hydrogens (tertiary/aromatic N) is 3. The van der Waals surface area contributed by atoms with E-state index in [1.165, 1.54) is 6.07 Å². The lowest BCUT2D eigenvalue weighted by molar-refractivity contribution is -0.149. The first-order valence-electron chi connectivity index (χ1n) is 13.2. The Kier molecular flexibility index (Phi) is 9.07. The number of nitrogens with two attached hydrogens (primary N) is 1. The zero-order valence-electron chi connectivity index (χ0n) is 22.0. The van der Waals surface area contributed by atoms with Crippen molar-refractivity contribution >= 4 is 23.6 Å². The van der Waals surface area contributed by atoms with Gasteiger partial charge in [0.1, 0.15) is 17.9 Å². The average molecular weight is 539 g/mol. The van der Waals surface area contributed by atoms with Crippen LogP contribution in [0.4, 0.5) is 0 Å². The fourth-order valence-corrected chi connectivity index (χ4v) is 4.81. The van der Waals surface area contributed by atoms with E-state index < -0.39 is 11.5 Å². The van der Waals surface area contributed by atoms with E-state index in [9.17, 15) is 19.2 Å². The van der Waals surface area contributed by atoms with E-state index >= 15 is 0 Å². The Bertz CT molecular complexity index is 1280. The molecule has 2 amide bonds. The van der Waals surface area contributed by atoms with E-state index in [0.29, 0.717) is 75.4 Å². The Hall–Kier alpha value is -4.06. The summed E-state index contributed by atoms with van der Waals surface area (Å²) in [5.41, 5.74) is 6.21. The van der Waals surface area contributed by atoms with Crippen LogP contribution in [0.3, 0.4) is 0 Å². The lowest BCUT2D eigenvalue weighted by Crippen LogP contribution is -2.45. The zero-order valence-corrected chi connectivity index (χ0v) is 22.0. The molecular formula is C27H34N6O6. The molecule has 0 unspecified atom stereocenters. The van der Waals surface area contributed by atoms with Crippen molar-refractivity contribution in [2.45, 2.75) is 45.2 Å². The van der Waals surface area contributed by atoms with Gasteiger partial charge in [-0.05, 0) is 38.7 Å². The largest absolute Gasteiger partial charge is 0.466 e. The summed E-state index contributed by atoms with van der Waals surface area (Å²) in [4.78, 5) is 53.2. The van der Waals surface area contributed by atoms with Crippen molar-refractivity contribution in [3.8, 4) is 11.3 Å². The molecule has 4 rings (SSSR count). The van der Waals surface area contributed by atoms with Gasteiger partial charge in [-0.1, -0.05) is 24.3 Å². The minimum Gasteiger partial charge on any atom is -0.466 e. The maximum absolute atomic E-state index is 13.3. The van der Waals surface area contributed by atoms with Crippen LogP contribution in [-0.4, -0.2) is 77.3 Å². The fraction of sp³-hybridized carbons (Fsp3) is 0.481. The molecule has 1 aromatic carbocycles. The summed E-state index contributed by atoms with van der Waals surface area (Å²) in [6.45, 7) is 3.46. The minimum atomic E-state index is -0.668. The summed E-state index contributed by atoms with van der Waals surface area (Å²) in [6.07, 6.45) is 2.35. The lowest BCUT2D eigenvalue weighted by atomic mass is 9.86. The molecule has 39 heavy (non-hydrogen) atoms. The Labute approximate surface area is 226 Å². The van der Waals surface area contributed by atoms with Gasteiger partial charge in [0, 0.05) is 30.3 Å². The summed E-state index contributed by atoms with van der Waals surface area (Å²) in [6, 6.07) is 7.90. The van der Waals surface area contributed by atoms with E-state index in [-0.39, 0.29) is 41.8 Å². The third-order valence-electron chi connectivity index (χ3n) is 7.04. The first kappa shape index (κ1) is 28.0. The molecule has 1 aliphatic heterocycles. The molecule has 2 fully saturated rings. The number of hydrogen-bond donors (Lipinski definition) is 3. The highest BCUT2D eigenvalue weighted by molar-refractivity contribution is 5.96.